The average Bonchev–Trinajstić information content (AvgIpc) is 2.58. The Morgan fingerprint density at radius 3 is 2.08 bits per heavy atom. The third-order valence-electron chi connectivity index (χ3n) is 2.89. The summed E-state index contributed by atoms with van der Waals surface area (Å²) in [4.78, 5) is 2.29. The Morgan fingerprint density at radius 2 is 1.60 bits per heavy atom. The van der Waals surface area contributed by atoms with E-state index in [-0.39, 0.29) is 0 Å². The van der Waals surface area contributed by atoms with Crippen LogP contribution < -0.4 is 19.8 Å². The summed E-state index contributed by atoms with van der Waals surface area (Å²) in [6.07, 6.45) is 0. The van der Waals surface area contributed by atoms with Crippen LogP contribution in [0.2, 0.25) is 0 Å². The monoisotopic (exact) mass is 367 g/mol. The largest absolute Gasteiger partial charge is 0.673 e. The lowest BCUT2D eigenvalue weighted by atomic mass is 10.2. The second-order valence-electron chi connectivity index (χ2n) is 4.59. The number of nitrogens with zero attached hydrogens (tertiary/aromatic N) is 2. The van der Waals surface area contributed by atoms with Gasteiger partial charge in [0.25, 0.3) is 0 Å². The first-order valence-corrected chi connectivity index (χ1v) is 7.67. The summed E-state index contributed by atoms with van der Waals surface area (Å²) in [5.41, 5.74) is 1.10. The maximum Gasteiger partial charge on any atom is 0.673 e. The van der Waals surface area contributed by atoms with Gasteiger partial charge in [0, 0.05) is 19.2 Å². The Morgan fingerprint density at radius 1 is 1.08 bits per heavy atom. The Bertz CT molecular complexity index is 506. The summed E-state index contributed by atoms with van der Waals surface area (Å²) in [5, 5.41) is 11.0. The van der Waals surface area contributed by atoms with Crippen LogP contribution in [-0.4, -0.2) is 46.8 Å². The number of benzene rings is 1. The molecule has 0 unspecified atom stereocenters. The molecule has 0 amide bonds. The van der Waals surface area contributed by atoms with Crippen LogP contribution in [0.1, 0.15) is 13.8 Å². The second-order valence-corrected chi connectivity index (χ2v) is 4.59. The van der Waals surface area contributed by atoms with E-state index in [1.807, 2.05) is 26.0 Å². The average molecular weight is 367 g/mol. The topological polar surface area (TPSA) is 78.5 Å². The van der Waals surface area contributed by atoms with E-state index in [4.69, 9.17) is 25.0 Å². The highest BCUT2D eigenvalue weighted by molar-refractivity contribution is 6.50. The van der Waals surface area contributed by atoms with Crippen molar-refractivity contribution >= 4 is 12.9 Å². The molecule has 0 radical (unpaired) electrons. The minimum Gasteiger partial charge on any atom is -0.494 e. The first-order chi connectivity index (χ1) is 11.8. The van der Waals surface area contributed by atoms with Crippen LogP contribution >= 0.6 is 0 Å². The quantitative estimate of drug-likeness (QED) is 0.489. The number of hydrogen-bond acceptors (Lipinski definition) is 5. The summed E-state index contributed by atoms with van der Waals surface area (Å²) >= 11 is 0. The normalized spacial score (nSPS) is 13.7. The molecule has 0 aromatic heterocycles. The molecule has 1 aliphatic heterocycles. The van der Waals surface area contributed by atoms with Crippen molar-refractivity contribution in [1.82, 2.24) is 0 Å². The number of diazo groups is 1. The van der Waals surface area contributed by atoms with Gasteiger partial charge in [0.15, 0.2) is 0 Å². The molecule has 6 nitrogen and oxygen atoms in total. The third kappa shape index (κ3) is 10.3. The minimum atomic E-state index is -6.00. The molecule has 0 saturated carbocycles. The predicted octanol–water partition coefficient (Wildman–Crippen LogP) is 1.90. The van der Waals surface area contributed by atoms with Gasteiger partial charge in [0.1, 0.15) is 11.5 Å². The van der Waals surface area contributed by atoms with Gasteiger partial charge >= 0.3 is 7.25 Å². The van der Waals surface area contributed by atoms with Crippen molar-refractivity contribution in [3.63, 3.8) is 0 Å². The van der Waals surface area contributed by atoms with E-state index < -0.39 is 7.25 Å². The van der Waals surface area contributed by atoms with Gasteiger partial charge < -0.3 is 36.4 Å². The molecule has 11 heteroatoms. The maximum atomic E-state index is 9.75. The molecule has 1 aliphatic rings. The van der Waals surface area contributed by atoms with E-state index in [1.54, 1.807) is 0 Å². The number of halogens is 4. The van der Waals surface area contributed by atoms with Crippen molar-refractivity contribution in [2.24, 2.45) is 0 Å². The molecule has 2 rings (SSSR count). The molecule has 1 N–H and O–H groups in total. The van der Waals surface area contributed by atoms with Gasteiger partial charge in [-0.2, -0.15) is 0 Å². The van der Waals surface area contributed by atoms with Crippen LogP contribution in [0.5, 0.6) is 11.5 Å². The summed E-state index contributed by atoms with van der Waals surface area (Å²) in [5.74, 6) is 1.81. The number of ether oxygens (including phenoxy) is 3. The highest BCUT2D eigenvalue weighted by atomic mass is 19.5. The molecule has 1 aromatic rings. The zero-order valence-electron chi connectivity index (χ0n) is 14.2. The van der Waals surface area contributed by atoms with Gasteiger partial charge in [-0.3, -0.25) is 0 Å². The lowest BCUT2D eigenvalue weighted by Gasteiger charge is -2.30. The molecular formula is C14H22BF4N3O3. The molecule has 1 saturated heterocycles. The van der Waals surface area contributed by atoms with Crippen LogP contribution in [0, 0.1) is 5.39 Å². The van der Waals surface area contributed by atoms with E-state index >= 15 is 0 Å². The van der Waals surface area contributed by atoms with Gasteiger partial charge in [-0.1, -0.05) is 0 Å². The third-order valence-corrected chi connectivity index (χ3v) is 2.89. The molecule has 0 bridgehead atoms. The number of anilines is 1. The van der Waals surface area contributed by atoms with E-state index in [1.165, 1.54) is 0 Å². The summed E-state index contributed by atoms with van der Waals surface area (Å²) in [7, 11) is -6.00. The SMILES string of the molecule is CCOc1ccc(OCC)c(N2CCOCC2)c1.F[B-](F)(F)F.N#[NH+]. The van der Waals surface area contributed by atoms with Gasteiger partial charge in [-0.05, 0) is 26.0 Å². The second kappa shape index (κ2) is 12.2. The Balaban J connectivity index is 0.000000710. The molecule has 1 heterocycles. The van der Waals surface area contributed by atoms with E-state index in [0.717, 1.165) is 43.5 Å². The van der Waals surface area contributed by atoms with Crippen molar-refractivity contribution in [3.8, 4) is 11.5 Å². The highest BCUT2D eigenvalue weighted by Crippen LogP contribution is 2.33. The van der Waals surface area contributed by atoms with Crippen LogP contribution in [0.15, 0.2) is 18.2 Å². The van der Waals surface area contributed by atoms with Crippen molar-refractivity contribution in [2.45, 2.75) is 13.8 Å². The minimum absolute atomic E-state index is 0.672. The Hall–Kier alpha value is -2.22. The van der Waals surface area contributed by atoms with Crippen LogP contribution in [-0.2, 0) is 4.74 Å². The smallest absolute Gasteiger partial charge is 0.494 e. The zero-order valence-corrected chi connectivity index (χ0v) is 14.2. The fourth-order valence-electron chi connectivity index (χ4n) is 2.08. The summed E-state index contributed by atoms with van der Waals surface area (Å²) in [6, 6.07) is 6.00. The fraction of sp³-hybridized carbons (Fsp3) is 0.571. The highest BCUT2D eigenvalue weighted by Gasteiger charge is 2.20. The van der Waals surface area contributed by atoms with Gasteiger partial charge in [-0.15, -0.1) is 0 Å². The summed E-state index contributed by atoms with van der Waals surface area (Å²) < 4.78 is 55.6. The number of nitrogens with one attached hydrogen (secondary N) is 1. The first-order valence-electron chi connectivity index (χ1n) is 7.67. The molecule has 0 atom stereocenters. The maximum absolute atomic E-state index is 9.75. The van der Waals surface area contributed by atoms with Gasteiger partial charge in [0.05, 0.1) is 37.5 Å². The van der Waals surface area contributed by atoms with E-state index in [9.17, 15) is 17.3 Å². The Kier molecular flexibility index (Phi) is 11.1. The first kappa shape index (κ1) is 22.8. The van der Waals surface area contributed by atoms with Crippen LogP contribution in [0.3, 0.4) is 0 Å². The van der Waals surface area contributed by atoms with Gasteiger partial charge in [-0.25, -0.2) is 0 Å². The Labute approximate surface area is 144 Å². The lowest BCUT2D eigenvalue weighted by molar-refractivity contribution is -0.175. The van der Waals surface area contributed by atoms with E-state index in [0.29, 0.717) is 13.2 Å². The number of rotatable bonds is 5. The molecule has 0 aliphatic carbocycles. The molecule has 142 valence electrons. The van der Waals surface area contributed by atoms with Crippen molar-refractivity contribution in [2.75, 3.05) is 44.4 Å². The molecule has 1 aromatic carbocycles. The fourth-order valence-corrected chi connectivity index (χ4v) is 2.08. The number of hydrogen-bond donors (Lipinski definition) is 1. The van der Waals surface area contributed by atoms with Crippen LogP contribution in [0.4, 0.5) is 23.0 Å². The standard InChI is InChI=1S/C14H21NO3.BF4.N2/c1-3-17-12-5-6-14(18-4-2)13(11-12)15-7-9-16-10-8-15;2-1(3,4)5;1-2/h5-6,11H,3-4,7-10H2,1-2H3;;/q;-1;/p+1. The molecule has 1 fully saturated rings. The predicted molar refractivity (Wildman–Crippen MR) is 84.7 cm³/mol. The molecule has 25 heavy (non-hydrogen) atoms. The van der Waals surface area contributed by atoms with Crippen molar-refractivity contribution < 1.29 is 36.9 Å². The van der Waals surface area contributed by atoms with Crippen LogP contribution in [0.25, 0.3) is 0 Å². The summed E-state index contributed by atoms with van der Waals surface area (Å²) in [6.45, 7) is 8.67. The van der Waals surface area contributed by atoms with E-state index in [2.05, 4.69) is 11.0 Å². The lowest BCUT2D eigenvalue weighted by Crippen LogP contribution is -2.36. The van der Waals surface area contributed by atoms with Crippen molar-refractivity contribution in [1.29, 1.82) is 5.39 Å². The van der Waals surface area contributed by atoms with Gasteiger partial charge in [0.2, 0.25) is 5.39 Å². The van der Waals surface area contributed by atoms with Crippen molar-refractivity contribution in [3.05, 3.63) is 18.2 Å². The molecule has 0 spiro atoms. The zero-order chi connectivity index (χ0) is 19.3. The number of morpholine rings is 1. The molecular weight excluding hydrogens is 345 g/mol.